The normalized spacial score (nSPS) is 36.1. The highest BCUT2D eigenvalue weighted by Gasteiger charge is 2.63. The molecular formula is C19H24N2O4S. The summed E-state index contributed by atoms with van der Waals surface area (Å²) in [6.07, 6.45) is 4.24. The van der Waals surface area contributed by atoms with Gasteiger partial charge in [0.1, 0.15) is 0 Å². The van der Waals surface area contributed by atoms with Gasteiger partial charge in [0.15, 0.2) is 5.79 Å². The molecule has 0 radical (unpaired) electrons. The summed E-state index contributed by atoms with van der Waals surface area (Å²) < 4.78 is 37.4. The molecule has 7 heteroatoms. The van der Waals surface area contributed by atoms with Gasteiger partial charge in [-0.3, -0.25) is 0 Å². The highest BCUT2D eigenvalue weighted by molar-refractivity contribution is 7.89. The maximum absolute atomic E-state index is 12.6. The van der Waals surface area contributed by atoms with Crippen LogP contribution < -0.4 is 4.83 Å². The van der Waals surface area contributed by atoms with Crippen molar-refractivity contribution >= 4 is 15.7 Å². The van der Waals surface area contributed by atoms with Crippen molar-refractivity contribution in [2.24, 2.45) is 28.8 Å². The van der Waals surface area contributed by atoms with E-state index in [2.05, 4.69) is 9.93 Å². The van der Waals surface area contributed by atoms with Gasteiger partial charge in [0.2, 0.25) is 0 Å². The van der Waals surface area contributed by atoms with Gasteiger partial charge in [0, 0.05) is 11.8 Å². The second-order valence-electron chi connectivity index (χ2n) is 8.12. The molecule has 4 bridgehead atoms. The standard InChI is InChI=1S/C19H24N2O4S/c1-12-2-4-16(5-3-12)26(22,23)21-20-18-14-8-13-9-15(11-14)19(17(18)10-13)24-6-7-25-19/h2-5,13-15,17,21H,6-11H2,1H3/b20-18+/t13-,14+,15-,17+/m0/s1. The van der Waals surface area contributed by atoms with Gasteiger partial charge >= 0.3 is 0 Å². The first-order valence-electron chi connectivity index (χ1n) is 9.42. The lowest BCUT2D eigenvalue weighted by Gasteiger charge is -2.58. The predicted molar refractivity (Wildman–Crippen MR) is 96.0 cm³/mol. The molecule has 5 aliphatic rings. The van der Waals surface area contributed by atoms with Crippen molar-refractivity contribution in [2.45, 2.75) is 43.3 Å². The van der Waals surface area contributed by atoms with Crippen LogP contribution in [0.2, 0.25) is 0 Å². The summed E-state index contributed by atoms with van der Waals surface area (Å²) in [4.78, 5) is 2.71. The van der Waals surface area contributed by atoms with Gasteiger partial charge < -0.3 is 9.47 Å². The van der Waals surface area contributed by atoms with E-state index < -0.39 is 15.8 Å². The quantitative estimate of drug-likeness (QED) is 0.822. The summed E-state index contributed by atoms with van der Waals surface area (Å²) in [7, 11) is -3.66. The number of ether oxygens (including phenoxy) is 2. The lowest BCUT2D eigenvalue weighted by Crippen LogP contribution is -2.63. The first-order chi connectivity index (χ1) is 12.5. The molecule has 1 heterocycles. The van der Waals surface area contributed by atoms with Crippen LogP contribution in [0, 0.1) is 30.6 Å². The maximum atomic E-state index is 12.6. The highest BCUT2D eigenvalue weighted by atomic mass is 32.2. The lowest BCUT2D eigenvalue weighted by molar-refractivity contribution is -0.257. The minimum absolute atomic E-state index is 0.0713. The lowest BCUT2D eigenvalue weighted by atomic mass is 9.52. The largest absolute Gasteiger partial charge is 0.347 e. The van der Waals surface area contributed by atoms with Crippen molar-refractivity contribution in [3.63, 3.8) is 0 Å². The fraction of sp³-hybridized carbons (Fsp3) is 0.632. The van der Waals surface area contributed by atoms with E-state index in [1.165, 1.54) is 0 Å². The Labute approximate surface area is 154 Å². The van der Waals surface area contributed by atoms with Crippen LogP contribution in [0.15, 0.2) is 34.3 Å². The minimum atomic E-state index is -3.66. The topological polar surface area (TPSA) is 77.0 Å². The van der Waals surface area contributed by atoms with Crippen LogP contribution in [-0.4, -0.2) is 33.1 Å². The highest BCUT2D eigenvalue weighted by Crippen LogP contribution is 2.59. The molecule has 4 saturated carbocycles. The summed E-state index contributed by atoms with van der Waals surface area (Å²) in [6.45, 7) is 3.16. The van der Waals surface area contributed by atoms with Gasteiger partial charge in [-0.1, -0.05) is 17.7 Å². The Morgan fingerprint density at radius 3 is 2.54 bits per heavy atom. The molecule has 0 aromatic heterocycles. The zero-order valence-corrected chi connectivity index (χ0v) is 15.7. The van der Waals surface area contributed by atoms with Crippen LogP contribution in [0.3, 0.4) is 0 Å². The fourth-order valence-electron chi connectivity index (χ4n) is 5.53. The van der Waals surface area contributed by atoms with E-state index in [-0.39, 0.29) is 10.8 Å². The first-order valence-corrected chi connectivity index (χ1v) is 10.9. The number of nitrogens with zero attached hydrogens (tertiary/aromatic N) is 1. The fourth-order valence-corrected chi connectivity index (χ4v) is 6.35. The average molecular weight is 376 g/mol. The van der Waals surface area contributed by atoms with Crippen LogP contribution >= 0.6 is 0 Å². The van der Waals surface area contributed by atoms with E-state index in [0.717, 1.165) is 37.0 Å². The molecule has 5 fully saturated rings. The average Bonchev–Trinajstić information content (AvgIpc) is 3.10. The molecule has 1 spiro atoms. The number of hydrogen-bond acceptors (Lipinski definition) is 5. The number of rotatable bonds is 3. The van der Waals surface area contributed by atoms with E-state index in [1.807, 2.05) is 6.92 Å². The molecule has 1 aromatic rings. The summed E-state index contributed by atoms with van der Waals surface area (Å²) >= 11 is 0. The molecule has 26 heavy (non-hydrogen) atoms. The Morgan fingerprint density at radius 2 is 1.81 bits per heavy atom. The number of hydrogen-bond donors (Lipinski definition) is 1. The van der Waals surface area contributed by atoms with E-state index in [0.29, 0.717) is 31.0 Å². The molecule has 0 amide bonds. The van der Waals surface area contributed by atoms with Crippen molar-refractivity contribution in [2.75, 3.05) is 13.2 Å². The first kappa shape index (κ1) is 16.7. The Bertz CT molecular complexity index is 843. The van der Waals surface area contributed by atoms with Gasteiger partial charge in [0.25, 0.3) is 10.0 Å². The monoisotopic (exact) mass is 376 g/mol. The number of sulfonamides is 1. The molecule has 4 aliphatic carbocycles. The van der Waals surface area contributed by atoms with Crippen molar-refractivity contribution in [1.82, 2.24) is 4.83 Å². The Hall–Kier alpha value is -1.44. The molecule has 140 valence electrons. The van der Waals surface area contributed by atoms with Gasteiger partial charge in [-0.05, 0) is 50.7 Å². The molecular weight excluding hydrogens is 352 g/mol. The molecule has 1 aliphatic heterocycles. The van der Waals surface area contributed by atoms with Crippen LogP contribution in [0.25, 0.3) is 0 Å². The third-order valence-electron chi connectivity index (χ3n) is 6.57. The molecule has 0 unspecified atom stereocenters. The Kier molecular flexibility index (Phi) is 3.71. The third-order valence-corrected chi connectivity index (χ3v) is 7.79. The van der Waals surface area contributed by atoms with E-state index >= 15 is 0 Å². The van der Waals surface area contributed by atoms with Crippen molar-refractivity contribution in [3.8, 4) is 0 Å². The van der Waals surface area contributed by atoms with Gasteiger partial charge in [-0.2, -0.15) is 13.5 Å². The second kappa shape index (κ2) is 5.78. The smallest absolute Gasteiger partial charge is 0.276 e. The zero-order chi connectivity index (χ0) is 17.9. The molecule has 4 atom stereocenters. The number of nitrogens with one attached hydrogen (secondary N) is 1. The van der Waals surface area contributed by atoms with Crippen LogP contribution in [0.4, 0.5) is 0 Å². The van der Waals surface area contributed by atoms with Crippen LogP contribution in [0.1, 0.15) is 31.2 Å². The summed E-state index contributed by atoms with van der Waals surface area (Å²) in [5.74, 6) is 0.954. The number of aryl methyl sites for hydroxylation is 1. The SMILES string of the molecule is Cc1ccc(S(=O)(=O)N/N=C2\[C@@H]3C[C@H]4C[C@@H](C3)C3(OCCO3)[C@@H]2C4)cc1. The van der Waals surface area contributed by atoms with Crippen molar-refractivity contribution in [1.29, 1.82) is 0 Å². The summed E-state index contributed by atoms with van der Waals surface area (Å²) in [6, 6.07) is 6.80. The number of benzene rings is 1. The Morgan fingerprint density at radius 1 is 1.08 bits per heavy atom. The van der Waals surface area contributed by atoms with Crippen LogP contribution in [-0.2, 0) is 19.5 Å². The predicted octanol–water partition coefficient (Wildman–Crippen LogP) is 2.44. The van der Waals surface area contributed by atoms with Gasteiger partial charge in [-0.25, -0.2) is 4.83 Å². The third kappa shape index (κ3) is 2.44. The molecule has 6 rings (SSSR count). The van der Waals surface area contributed by atoms with Crippen molar-refractivity contribution < 1.29 is 17.9 Å². The zero-order valence-electron chi connectivity index (χ0n) is 14.8. The minimum Gasteiger partial charge on any atom is -0.347 e. The van der Waals surface area contributed by atoms with E-state index in [9.17, 15) is 8.42 Å². The summed E-state index contributed by atoms with van der Waals surface area (Å²) in [5, 5.41) is 4.43. The second-order valence-corrected chi connectivity index (χ2v) is 9.78. The van der Waals surface area contributed by atoms with Crippen molar-refractivity contribution in [3.05, 3.63) is 29.8 Å². The molecule has 1 N–H and O–H groups in total. The van der Waals surface area contributed by atoms with E-state index in [1.54, 1.807) is 24.3 Å². The van der Waals surface area contributed by atoms with E-state index in [4.69, 9.17) is 9.47 Å². The van der Waals surface area contributed by atoms with Crippen LogP contribution in [0.5, 0.6) is 0 Å². The maximum Gasteiger partial charge on any atom is 0.276 e. The molecule has 1 saturated heterocycles. The summed E-state index contributed by atoms with van der Waals surface area (Å²) in [5.41, 5.74) is 1.95. The van der Waals surface area contributed by atoms with Gasteiger partial charge in [0.05, 0.1) is 29.7 Å². The molecule has 6 nitrogen and oxygen atoms in total. The van der Waals surface area contributed by atoms with Gasteiger partial charge in [-0.15, -0.1) is 0 Å². The molecule has 1 aromatic carbocycles. The Balaban J connectivity index is 1.45. The number of hydrazone groups is 1.